The molecule has 1 amide bonds. The quantitative estimate of drug-likeness (QED) is 0.883. The average Bonchev–Trinajstić information content (AvgIpc) is 2.28. The van der Waals surface area contributed by atoms with E-state index in [0.29, 0.717) is 5.92 Å². The van der Waals surface area contributed by atoms with Crippen LogP contribution in [0.5, 0.6) is 0 Å². The molecule has 0 bridgehead atoms. The first-order valence-corrected chi connectivity index (χ1v) is 6.08. The second kappa shape index (κ2) is 7.39. The highest BCUT2D eigenvalue weighted by atomic mass is 35.5. The Kier molecular flexibility index (Phi) is 6.96. The molecule has 1 aromatic rings. The van der Waals surface area contributed by atoms with Crippen LogP contribution >= 0.6 is 12.4 Å². The Morgan fingerprint density at radius 1 is 1.11 bits per heavy atom. The lowest BCUT2D eigenvalue weighted by Gasteiger charge is -2.15. The van der Waals surface area contributed by atoms with Crippen molar-refractivity contribution < 1.29 is 4.79 Å². The van der Waals surface area contributed by atoms with Gasteiger partial charge in [-0.25, -0.2) is 0 Å². The molecule has 1 aromatic carbocycles. The van der Waals surface area contributed by atoms with Gasteiger partial charge in [0, 0.05) is 5.69 Å². The molecule has 1 atom stereocenters. The number of carbonyl (C=O) groups is 1. The van der Waals surface area contributed by atoms with Gasteiger partial charge in [0.2, 0.25) is 5.91 Å². The van der Waals surface area contributed by atoms with Crippen LogP contribution in [0.25, 0.3) is 0 Å². The van der Waals surface area contributed by atoms with Crippen LogP contribution < -0.4 is 11.1 Å². The summed E-state index contributed by atoms with van der Waals surface area (Å²) in [5, 5.41) is 2.83. The highest BCUT2D eigenvalue weighted by Crippen LogP contribution is 2.17. The van der Waals surface area contributed by atoms with Gasteiger partial charge in [-0.1, -0.05) is 39.8 Å². The number of anilines is 1. The molecule has 3 nitrogen and oxygen atoms in total. The summed E-state index contributed by atoms with van der Waals surface area (Å²) in [6.07, 6.45) is 0. The second-order valence-electron chi connectivity index (χ2n) is 5.04. The molecule has 102 valence electrons. The summed E-state index contributed by atoms with van der Waals surface area (Å²) < 4.78 is 0. The van der Waals surface area contributed by atoms with Crippen molar-refractivity contribution in [2.75, 3.05) is 5.32 Å². The number of nitrogens with one attached hydrogen (secondary N) is 1. The monoisotopic (exact) mass is 270 g/mol. The zero-order chi connectivity index (χ0) is 13.0. The maximum absolute atomic E-state index is 11.7. The van der Waals surface area contributed by atoms with Crippen LogP contribution in [0, 0.1) is 5.92 Å². The summed E-state index contributed by atoms with van der Waals surface area (Å²) in [5.41, 5.74) is 7.84. The Labute approximate surface area is 116 Å². The standard InChI is InChI=1S/C14H22N2O.ClH/c1-9(2)11-5-7-12(8-6-11)16-14(17)13(15)10(3)4;/h5-10,13H,15H2,1-4H3,(H,16,17);1H/t13-;/m1./s1. The largest absolute Gasteiger partial charge is 0.325 e. The van der Waals surface area contributed by atoms with Gasteiger partial charge in [0.25, 0.3) is 0 Å². The Morgan fingerprint density at radius 2 is 1.61 bits per heavy atom. The highest BCUT2D eigenvalue weighted by molar-refractivity contribution is 5.94. The number of carbonyl (C=O) groups excluding carboxylic acids is 1. The fourth-order valence-electron chi connectivity index (χ4n) is 1.48. The normalized spacial score (nSPS) is 12.2. The molecule has 1 rings (SSSR count). The number of benzene rings is 1. The number of rotatable bonds is 4. The van der Waals surface area contributed by atoms with Crippen LogP contribution in [0.3, 0.4) is 0 Å². The van der Waals surface area contributed by atoms with E-state index in [0.717, 1.165) is 5.69 Å². The van der Waals surface area contributed by atoms with E-state index in [9.17, 15) is 4.79 Å². The van der Waals surface area contributed by atoms with Crippen LogP contribution in [0.1, 0.15) is 39.2 Å². The van der Waals surface area contributed by atoms with E-state index in [1.807, 2.05) is 38.1 Å². The van der Waals surface area contributed by atoms with Crippen molar-refractivity contribution in [1.82, 2.24) is 0 Å². The van der Waals surface area contributed by atoms with Gasteiger partial charge in [0.05, 0.1) is 6.04 Å². The first-order chi connectivity index (χ1) is 7.91. The molecular formula is C14H23ClN2O. The Hall–Kier alpha value is -1.06. The number of hydrogen-bond donors (Lipinski definition) is 2. The van der Waals surface area contributed by atoms with Crippen molar-refractivity contribution in [3.63, 3.8) is 0 Å². The van der Waals surface area contributed by atoms with E-state index in [1.54, 1.807) is 0 Å². The predicted molar refractivity (Wildman–Crippen MR) is 79.2 cm³/mol. The Bertz CT molecular complexity index is 374. The number of amides is 1. The van der Waals surface area contributed by atoms with Crippen molar-refractivity contribution in [3.05, 3.63) is 29.8 Å². The van der Waals surface area contributed by atoms with E-state index in [4.69, 9.17) is 5.73 Å². The fourth-order valence-corrected chi connectivity index (χ4v) is 1.48. The number of hydrogen-bond acceptors (Lipinski definition) is 2. The minimum atomic E-state index is -0.459. The molecule has 4 heteroatoms. The molecule has 0 saturated carbocycles. The third-order valence-electron chi connectivity index (χ3n) is 2.87. The molecule has 0 fully saturated rings. The average molecular weight is 271 g/mol. The highest BCUT2D eigenvalue weighted by Gasteiger charge is 2.16. The summed E-state index contributed by atoms with van der Waals surface area (Å²) in [7, 11) is 0. The third kappa shape index (κ3) is 4.67. The molecule has 0 aliphatic carbocycles. The molecule has 3 N–H and O–H groups in total. The van der Waals surface area contributed by atoms with Crippen molar-refractivity contribution in [2.24, 2.45) is 11.7 Å². The zero-order valence-electron chi connectivity index (χ0n) is 11.4. The lowest BCUT2D eigenvalue weighted by molar-refractivity contribution is -0.118. The van der Waals surface area contributed by atoms with Crippen LogP contribution in [0.2, 0.25) is 0 Å². The van der Waals surface area contributed by atoms with E-state index in [1.165, 1.54) is 5.56 Å². The van der Waals surface area contributed by atoms with Crippen LogP contribution in [-0.4, -0.2) is 11.9 Å². The summed E-state index contributed by atoms with van der Waals surface area (Å²) >= 11 is 0. The van der Waals surface area contributed by atoms with Gasteiger partial charge in [-0.2, -0.15) is 0 Å². The summed E-state index contributed by atoms with van der Waals surface area (Å²) in [6, 6.07) is 7.43. The van der Waals surface area contributed by atoms with Gasteiger partial charge in [0.15, 0.2) is 0 Å². The smallest absolute Gasteiger partial charge is 0.241 e. The van der Waals surface area contributed by atoms with Gasteiger partial charge in [-0.3, -0.25) is 4.79 Å². The van der Waals surface area contributed by atoms with Crippen molar-refractivity contribution >= 4 is 24.0 Å². The topological polar surface area (TPSA) is 55.1 Å². The van der Waals surface area contributed by atoms with E-state index in [2.05, 4.69) is 19.2 Å². The lowest BCUT2D eigenvalue weighted by Crippen LogP contribution is -2.39. The van der Waals surface area contributed by atoms with Crippen molar-refractivity contribution in [1.29, 1.82) is 0 Å². The van der Waals surface area contributed by atoms with Gasteiger partial charge in [-0.05, 0) is 29.5 Å². The van der Waals surface area contributed by atoms with Crippen LogP contribution in [-0.2, 0) is 4.79 Å². The second-order valence-corrected chi connectivity index (χ2v) is 5.04. The molecular weight excluding hydrogens is 248 g/mol. The SMILES string of the molecule is CC(C)c1ccc(NC(=O)[C@H](N)C(C)C)cc1.Cl. The Morgan fingerprint density at radius 3 is 2.00 bits per heavy atom. The Balaban J connectivity index is 0.00000289. The van der Waals surface area contributed by atoms with E-state index in [-0.39, 0.29) is 24.2 Å². The van der Waals surface area contributed by atoms with Crippen LogP contribution in [0.4, 0.5) is 5.69 Å². The van der Waals surface area contributed by atoms with Gasteiger partial charge >= 0.3 is 0 Å². The summed E-state index contributed by atoms with van der Waals surface area (Å²) in [5.74, 6) is 0.514. The maximum Gasteiger partial charge on any atom is 0.241 e. The van der Waals surface area contributed by atoms with Gasteiger partial charge in [-0.15, -0.1) is 12.4 Å². The molecule has 0 aliphatic heterocycles. The molecule has 0 aromatic heterocycles. The molecule has 0 aliphatic rings. The molecule has 18 heavy (non-hydrogen) atoms. The minimum Gasteiger partial charge on any atom is -0.325 e. The number of nitrogens with two attached hydrogens (primary N) is 1. The molecule has 0 saturated heterocycles. The summed E-state index contributed by atoms with van der Waals surface area (Å²) in [6.45, 7) is 8.16. The molecule has 0 spiro atoms. The third-order valence-corrected chi connectivity index (χ3v) is 2.87. The van der Waals surface area contributed by atoms with Crippen molar-refractivity contribution in [2.45, 2.75) is 39.7 Å². The van der Waals surface area contributed by atoms with E-state index < -0.39 is 6.04 Å². The van der Waals surface area contributed by atoms with E-state index >= 15 is 0 Å². The van der Waals surface area contributed by atoms with Gasteiger partial charge in [0.1, 0.15) is 0 Å². The maximum atomic E-state index is 11.7. The number of halogens is 1. The molecule has 0 heterocycles. The predicted octanol–water partition coefficient (Wildman–Crippen LogP) is 3.15. The van der Waals surface area contributed by atoms with Gasteiger partial charge < -0.3 is 11.1 Å². The van der Waals surface area contributed by atoms with Crippen LogP contribution in [0.15, 0.2) is 24.3 Å². The molecule has 0 unspecified atom stereocenters. The first-order valence-electron chi connectivity index (χ1n) is 6.08. The first kappa shape index (κ1) is 16.9. The summed E-state index contributed by atoms with van der Waals surface area (Å²) in [4.78, 5) is 11.7. The zero-order valence-corrected chi connectivity index (χ0v) is 12.3. The molecule has 0 radical (unpaired) electrons. The lowest BCUT2D eigenvalue weighted by atomic mass is 10.0. The minimum absolute atomic E-state index is 0. The van der Waals surface area contributed by atoms with Crippen molar-refractivity contribution in [3.8, 4) is 0 Å². The fraction of sp³-hybridized carbons (Fsp3) is 0.500.